The Morgan fingerprint density at radius 1 is 1.23 bits per heavy atom. The number of hydrogen-bond donors (Lipinski definition) is 4. The van der Waals surface area contributed by atoms with Crippen molar-refractivity contribution in [3.8, 4) is 5.75 Å². The molecule has 4 rings (SSSR count). The zero-order chi connectivity index (χ0) is 21.7. The van der Waals surface area contributed by atoms with Gasteiger partial charge in [0.25, 0.3) is 10.9 Å². The molecule has 0 amide bonds. The van der Waals surface area contributed by atoms with E-state index in [-0.39, 0.29) is 40.7 Å². The van der Waals surface area contributed by atoms with Gasteiger partial charge in [-0.25, -0.2) is 8.42 Å². The quantitative estimate of drug-likeness (QED) is 0.371. The molecule has 2 saturated heterocycles. The van der Waals surface area contributed by atoms with E-state index in [1.165, 1.54) is 16.4 Å². The van der Waals surface area contributed by atoms with E-state index in [0.29, 0.717) is 32.6 Å². The number of rotatable bonds is 4. The maximum atomic E-state index is 13.2. The van der Waals surface area contributed by atoms with E-state index in [9.17, 15) is 23.1 Å². The van der Waals surface area contributed by atoms with Crippen LogP contribution in [0.2, 0.25) is 5.02 Å². The van der Waals surface area contributed by atoms with Crippen molar-refractivity contribution >= 4 is 38.7 Å². The van der Waals surface area contributed by atoms with Gasteiger partial charge < -0.3 is 26.2 Å². The summed E-state index contributed by atoms with van der Waals surface area (Å²) in [5.74, 6) is -0.644. The fourth-order valence-electron chi connectivity index (χ4n) is 3.87. The molecule has 5 N–H and O–H groups in total. The van der Waals surface area contributed by atoms with E-state index in [1.54, 1.807) is 0 Å². The van der Waals surface area contributed by atoms with Crippen LogP contribution in [0.4, 0.5) is 17.1 Å². The van der Waals surface area contributed by atoms with Gasteiger partial charge in [-0.05, 0) is 25.0 Å². The zero-order valence-corrected chi connectivity index (χ0v) is 17.5. The minimum Gasteiger partial charge on any atom is -0.504 e. The minimum absolute atomic E-state index is 0.0902. The first-order chi connectivity index (χ1) is 14.2. The third-order valence-electron chi connectivity index (χ3n) is 5.69. The monoisotopic (exact) mass is 456 g/mol. The molecular formula is C18H21ClN4O6S. The lowest BCUT2D eigenvalue weighted by molar-refractivity contribution is 0.00456. The molecule has 162 valence electrons. The lowest BCUT2D eigenvalue weighted by Gasteiger charge is -2.44. The summed E-state index contributed by atoms with van der Waals surface area (Å²) >= 11 is 6.13. The van der Waals surface area contributed by atoms with Gasteiger partial charge in [-0.1, -0.05) is 11.6 Å². The number of benzene rings is 1. The first kappa shape index (κ1) is 21.1. The summed E-state index contributed by atoms with van der Waals surface area (Å²) in [6, 6.07) is 2.60. The fraction of sp³-hybridized carbons (Fsp3) is 0.444. The first-order valence-corrected chi connectivity index (χ1v) is 11.2. The molecule has 2 aliphatic rings. The number of halogens is 1. The van der Waals surface area contributed by atoms with Gasteiger partial charge in [0.15, 0.2) is 5.75 Å². The van der Waals surface area contributed by atoms with Crippen molar-refractivity contribution in [1.82, 2.24) is 9.62 Å². The number of nitrogens with two attached hydrogens (primary N) is 1. The molecule has 0 aromatic heterocycles. The number of hydrogen-bond acceptors (Lipinski definition) is 9. The van der Waals surface area contributed by atoms with Gasteiger partial charge in [-0.3, -0.25) is 9.59 Å². The van der Waals surface area contributed by atoms with E-state index in [1.807, 2.05) is 0 Å². The Bertz CT molecular complexity index is 1160. The van der Waals surface area contributed by atoms with Crippen LogP contribution in [0.15, 0.2) is 26.6 Å². The van der Waals surface area contributed by atoms with E-state index in [4.69, 9.17) is 22.1 Å². The van der Waals surface area contributed by atoms with Crippen molar-refractivity contribution in [2.24, 2.45) is 0 Å². The van der Waals surface area contributed by atoms with Crippen molar-refractivity contribution in [1.29, 1.82) is 0 Å². The number of anilines is 3. The van der Waals surface area contributed by atoms with Crippen LogP contribution in [0.5, 0.6) is 5.75 Å². The van der Waals surface area contributed by atoms with Crippen LogP contribution in [0.3, 0.4) is 0 Å². The van der Waals surface area contributed by atoms with E-state index in [2.05, 4.69) is 10.6 Å². The fourth-order valence-corrected chi connectivity index (χ4v) is 5.91. The summed E-state index contributed by atoms with van der Waals surface area (Å²) in [6.45, 7) is 2.33. The lowest BCUT2D eigenvalue weighted by atomic mass is 9.88. The highest BCUT2D eigenvalue weighted by Gasteiger charge is 2.41. The molecule has 2 heterocycles. The minimum atomic E-state index is -4.12. The van der Waals surface area contributed by atoms with Gasteiger partial charge in [-0.2, -0.15) is 4.31 Å². The molecule has 1 spiro atoms. The Labute approximate surface area is 177 Å². The second kappa shape index (κ2) is 7.50. The highest BCUT2D eigenvalue weighted by molar-refractivity contribution is 7.89. The van der Waals surface area contributed by atoms with Crippen LogP contribution >= 0.6 is 11.6 Å². The number of ether oxygens (including phenoxy) is 1. The third-order valence-corrected chi connectivity index (χ3v) is 8.09. The van der Waals surface area contributed by atoms with Crippen molar-refractivity contribution in [3.63, 3.8) is 0 Å². The molecule has 0 atom stereocenters. The molecule has 2 aromatic carbocycles. The van der Waals surface area contributed by atoms with Crippen molar-refractivity contribution in [2.75, 3.05) is 43.9 Å². The molecule has 0 saturated carbocycles. The number of phenolic OH excluding ortho intramolecular Hbond substituents is 1. The van der Waals surface area contributed by atoms with Crippen molar-refractivity contribution in [3.05, 3.63) is 37.6 Å². The maximum Gasteiger partial charge on any atom is 0.253 e. The van der Waals surface area contributed by atoms with Gasteiger partial charge in [0.05, 0.1) is 23.9 Å². The summed E-state index contributed by atoms with van der Waals surface area (Å²) in [4.78, 5) is 22.5. The average Bonchev–Trinajstić information content (AvgIpc) is 2.73. The van der Waals surface area contributed by atoms with Gasteiger partial charge in [-0.15, -0.1) is 0 Å². The Hall–Kier alpha value is -2.18. The number of nitrogens with one attached hydrogen (secondary N) is 2. The van der Waals surface area contributed by atoms with Crippen LogP contribution in [-0.4, -0.2) is 56.2 Å². The molecule has 0 bridgehead atoms. The van der Waals surface area contributed by atoms with Gasteiger partial charge in [0.2, 0.25) is 10.0 Å². The van der Waals surface area contributed by atoms with Crippen LogP contribution < -0.4 is 27.2 Å². The van der Waals surface area contributed by atoms with Crippen LogP contribution in [0.1, 0.15) is 12.8 Å². The van der Waals surface area contributed by atoms with Crippen molar-refractivity contribution in [2.45, 2.75) is 23.3 Å². The number of morpholine rings is 1. The molecule has 30 heavy (non-hydrogen) atoms. The second-order valence-electron chi connectivity index (χ2n) is 7.51. The standard InChI is InChI=1S/C18H21ClN4O6S/c19-10-1-2-11(22-13-12(20)15(25)16(13)26)14(24)17(10)30(27,28)23-6-3-18(4-7-23)9-29-8-5-21-18/h1-2,21-22,24H,3-9,20H2. The maximum absolute atomic E-state index is 13.2. The summed E-state index contributed by atoms with van der Waals surface area (Å²) in [7, 11) is -4.12. The summed E-state index contributed by atoms with van der Waals surface area (Å²) in [6.07, 6.45) is 1.12. The Morgan fingerprint density at radius 2 is 1.93 bits per heavy atom. The number of nitrogens with zero attached hydrogens (tertiary/aromatic N) is 1. The molecule has 12 heteroatoms. The van der Waals surface area contributed by atoms with Gasteiger partial charge in [0.1, 0.15) is 16.3 Å². The number of phenols is 1. The predicted molar refractivity (Wildman–Crippen MR) is 112 cm³/mol. The smallest absolute Gasteiger partial charge is 0.253 e. The number of nitrogen functional groups attached to an aromatic ring is 1. The SMILES string of the molecule is Nc1c(Nc2ccc(Cl)c(S(=O)(=O)N3CCC4(CC3)COCCN4)c2O)c(=O)c1=O. The van der Waals surface area contributed by atoms with E-state index in [0.717, 1.165) is 0 Å². The zero-order valence-electron chi connectivity index (χ0n) is 15.9. The molecule has 10 nitrogen and oxygen atoms in total. The molecule has 2 aliphatic heterocycles. The normalized spacial score (nSPS) is 19.9. The predicted octanol–water partition coefficient (Wildman–Crippen LogP) is 0.110. The highest BCUT2D eigenvalue weighted by atomic mass is 35.5. The average molecular weight is 457 g/mol. The number of piperidine rings is 1. The highest BCUT2D eigenvalue weighted by Crippen LogP contribution is 2.41. The molecule has 0 aliphatic carbocycles. The topological polar surface area (TPSA) is 151 Å². The number of aromatic hydroxyl groups is 1. The summed E-state index contributed by atoms with van der Waals surface area (Å²) in [5.41, 5.74) is 3.01. The van der Waals surface area contributed by atoms with Crippen LogP contribution in [0.25, 0.3) is 0 Å². The molecule has 0 unspecified atom stereocenters. The summed E-state index contributed by atoms with van der Waals surface area (Å²) in [5, 5.41) is 16.4. The third kappa shape index (κ3) is 3.36. The molecule has 0 radical (unpaired) electrons. The van der Waals surface area contributed by atoms with E-state index >= 15 is 0 Å². The molecule has 2 aromatic rings. The Balaban J connectivity index is 1.61. The van der Waals surface area contributed by atoms with Crippen molar-refractivity contribution < 1.29 is 18.3 Å². The first-order valence-electron chi connectivity index (χ1n) is 9.36. The molecule has 2 fully saturated rings. The molecular weight excluding hydrogens is 436 g/mol. The Morgan fingerprint density at radius 3 is 2.53 bits per heavy atom. The van der Waals surface area contributed by atoms with Crippen LogP contribution in [0, 0.1) is 0 Å². The summed E-state index contributed by atoms with van der Waals surface area (Å²) < 4.78 is 33.3. The van der Waals surface area contributed by atoms with Crippen LogP contribution in [-0.2, 0) is 14.8 Å². The lowest BCUT2D eigenvalue weighted by Crippen LogP contribution is -2.60. The second-order valence-corrected chi connectivity index (χ2v) is 9.79. The Kier molecular flexibility index (Phi) is 5.27. The number of sulfonamides is 1. The van der Waals surface area contributed by atoms with Gasteiger partial charge >= 0.3 is 0 Å². The van der Waals surface area contributed by atoms with E-state index < -0.39 is 31.5 Å². The van der Waals surface area contributed by atoms with Gasteiger partial charge in [0, 0.05) is 25.2 Å². The largest absolute Gasteiger partial charge is 0.504 e.